The normalized spacial score (nSPS) is 17.9. The zero-order valence-electron chi connectivity index (χ0n) is 20.3. The van der Waals surface area contributed by atoms with Crippen LogP contribution in [0.25, 0.3) is 5.65 Å². The monoisotopic (exact) mass is 478 g/mol. The lowest BCUT2D eigenvalue weighted by atomic mass is 9.75. The molecule has 1 aliphatic rings. The molecule has 3 heterocycles. The molecule has 4 rings (SSSR count). The van der Waals surface area contributed by atoms with Gasteiger partial charge in [0.25, 0.3) is 0 Å². The van der Waals surface area contributed by atoms with E-state index in [9.17, 15) is 14.4 Å². The third kappa shape index (κ3) is 4.64. The molecule has 0 radical (unpaired) electrons. The van der Waals surface area contributed by atoms with Crippen molar-refractivity contribution in [2.45, 2.75) is 31.2 Å². The molecule has 0 saturated carbocycles. The summed E-state index contributed by atoms with van der Waals surface area (Å²) in [5.41, 5.74) is 0.850. The van der Waals surface area contributed by atoms with Crippen molar-refractivity contribution >= 4 is 23.4 Å². The van der Waals surface area contributed by atoms with Crippen molar-refractivity contribution in [1.29, 1.82) is 0 Å². The number of imidazole rings is 1. The van der Waals surface area contributed by atoms with Crippen LogP contribution in [-0.2, 0) is 31.1 Å². The van der Waals surface area contributed by atoms with E-state index in [-0.39, 0.29) is 37.1 Å². The molecule has 1 fully saturated rings. The first-order valence-corrected chi connectivity index (χ1v) is 11.5. The molecule has 9 nitrogen and oxygen atoms in total. The molecular weight excluding hydrogens is 448 g/mol. The van der Waals surface area contributed by atoms with Gasteiger partial charge in [-0.15, -0.1) is 0 Å². The number of fused-ring (bicyclic) bond motifs is 1. The number of aromatic nitrogens is 2. The number of hydrogen-bond acceptors (Lipinski definition) is 6. The Morgan fingerprint density at radius 2 is 1.91 bits per heavy atom. The molecule has 1 saturated heterocycles. The Morgan fingerprint density at radius 1 is 1.14 bits per heavy atom. The summed E-state index contributed by atoms with van der Waals surface area (Å²) in [6, 6.07) is 12.8. The van der Waals surface area contributed by atoms with Crippen LogP contribution in [0.3, 0.4) is 0 Å². The van der Waals surface area contributed by atoms with Gasteiger partial charge in [0.05, 0.1) is 31.0 Å². The zero-order chi connectivity index (χ0) is 25.0. The lowest BCUT2D eigenvalue weighted by Gasteiger charge is -2.30. The Bertz CT molecular complexity index is 1240. The average Bonchev–Trinajstić information content (AvgIpc) is 3.38. The molecule has 1 atom stereocenters. The van der Waals surface area contributed by atoms with Crippen LogP contribution >= 0.6 is 0 Å². The van der Waals surface area contributed by atoms with Crippen molar-refractivity contribution in [2.24, 2.45) is 0 Å². The van der Waals surface area contributed by atoms with E-state index in [2.05, 4.69) is 4.98 Å². The van der Waals surface area contributed by atoms with Crippen LogP contribution in [0.1, 0.15) is 30.5 Å². The second-order valence-corrected chi connectivity index (χ2v) is 8.76. The van der Waals surface area contributed by atoms with Gasteiger partial charge in [0.15, 0.2) is 0 Å². The molecule has 0 aliphatic carbocycles. The van der Waals surface area contributed by atoms with Crippen molar-refractivity contribution < 1.29 is 23.9 Å². The minimum absolute atomic E-state index is 0.0889. The summed E-state index contributed by atoms with van der Waals surface area (Å²) in [5.74, 6) is -0.444. The lowest BCUT2D eigenvalue weighted by molar-refractivity contribution is -0.142. The van der Waals surface area contributed by atoms with Gasteiger partial charge in [0, 0.05) is 51.9 Å². The summed E-state index contributed by atoms with van der Waals surface area (Å²) < 4.78 is 12.5. The number of ether oxygens (including phenoxy) is 2. The number of hydrogen-bond donors (Lipinski definition) is 0. The van der Waals surface area contributed by atoms with Crippen molar-refractivity contribution in [3.05, 3.63) is 66.1 Å². The summed E-state index contributed by atoms with van der Waals surface area (Å²) in [6.45, 7) is 0.986. The Morgan fingerprint density at radius 3 is 2.69 bits per heavy atom. The minimum atomic E-state index is -1.33. The molecule has 9 heteroatoms. The highest BCUT2D eigenvalue weighted by Gasteiger charge is 2.55. The van der Waals surface area contributed by atoms with E-state index in [0.717, 1.165) is 11.3 Å². The van der Waals surface area contributed by atoms with Crippen molar-refractivity contribution in [2.75, 3.05) is 34.4 Å². The van der Waals surface area contributed by atoms with Crippen LogP contribution < -0.4 is 4.74 Å². The van der Waals surface area contributed by atoms with Gasteiger partial charge < -0.3 is 18.8 Å². The highest BCUT2D eigenvalue weighted by Crippen LogP contribution is 2.44. The Hall–Kier alpha value is -3.72. The average molecular weight is 479 g/mol. The molecule has 3 amide bonds. The smallest absolute Gasteiger partial charge is 0.241 e. The maximum Gasteiger partial charge on any atom is 0.241 e. The number of amides is 3. The predicted octanol–water partition coefficient (Wildman–Crippen LogP) is 2.42. The minimum Gasteiger partial charge on any atom is -0.496 e. The maximum atomic E-state index is 13.8. The first kappa shape index (κ1) is 24.4. The highest BCUT2D eigenvalue weighted by molar-refractivity contribution is 6.11. The van der Waals surface area contributed by atoms with Gasteiger partial charge in [-0.1, -0.05) is 24.3 Å². The number of carbonyl (C=O) groups excluding carboxylic acids is 3. The van der Waals surface area contributed by atoms with E-state index in [1.54, 1.807) is 49.5 Å². The molecule has 0 spiro atoms. The van der Waals surface area contributed by atoms with Crippen LogP contribution in [0.15, 0.2) is 54.9 Å². The number of pyridine rings is 1. The van der Waals surface area contributed by atoms with Crippen LogP contribution in [0.2, 0.25) is 0 Å². The number of nitrogens with zero attached hydrogens (tertiary/aromatic N) is 4. The molecule has 2 aromatic heterocycles. The van der Waals surface area contributed by atoms with Crippen LogP contribution in [0.5, 0.6) is 5.75 Å². The Kier molecular flexibility index (Phi) is 7.16. The molecular formula is C26H30N4O5. The van der Waals surface area contributed by atoms with E-state index in [1.165, 1.54) is 12.0 Å². The van der Waals surface area contributed by atoms with Gasteiger partial charge in [-0.2, -0.15) is 0 Å². The van der Waals surface area contributed by atoms with Gasteiger partial charge >= 0.3 is 0 Å². The molecule has 184 valence electrons. The van der Waals surface area contributed by atoms with E-state index >= 15 is 0 Å². The van der Waals surface area contributed by atoms with Crippen LogP contribution in [-0.4, -0.2) is 71.3 Å². The van der Waals surface area contributed by atoms with E-state index in [1.807, 2.05) is 28.8 Å². The quantitative estimate of drug-likeness (QED) is 0.328. The number of carbonyl (C=O) groups is 3. The number of methoxy groups -OCH3 is 2. The lowest BCUT2D eigenvalue weighted by Crippen LogP contribution is -2.43. The first-order chi connectivity index (χ1) is 16.9. The van der Waals surface area contributed by atoms with Crippen molar-refractivity contribution in [3.8, 4) is 5.75 Å². The number of likely N-dealkylation sites (tertiary alicyclic amines) is 1. The van der Waals surface area contributed by atoms with Crippen molar-refractivity contribution in [3.63, 3.8) is 0 Å². The molecule has 1 unspecified atom stereocenters. The third-order valence-corrected chi connectivity index (χ3v) is 6.53. The second kappa shape index (κ2) is 10.3. The Labute approximate surface area is 204 Å². The summed E-state index contributed by atoms with van der Waals surface area (Å²) in [5, 5.41) is 0. The summed E-state index contributed by atoms with van der Waals surface area (Å²) >= 11 is 0. The first-order valence-electron chi connectivity index (χ1n) is 11.5. The maximum absolute atomic E-state index is 13.8. The van der Waals surface area contributed by atoms with Gasteiger partial charge in [0.2, 0.25) is 17.7 Å². The van der Waals surface area contributed by atoms with E-state index < -0.39 is 5.41 Å². The standard InChI is InChI=1S/C26H30N4O5/c1-28(18-19-17-27-22-11-6-7-12-29(19)22)23(31)15-26(20-9-4-5-10-21(20)35-3)16-24(32)30(25(26)33)13-8-14-34-2/h4-7,9-12,17H,8,13-16,18H2,1-3H3. The van der Waals surface area contributed by atoms with Gasteiger partial charge in [0.1, 0.15) is 11.4 Å². The summed E-state index contributed by atoms with van der Waals surface area (Å²) in [4.78, 5) is 47.5. The topological polar surface area (TPSA) is 93.5 Å². The summed E-state index contributed by atoms with van der Waals surface area (Å²) in [7, 11) is 4.78. The highest BCUT2D eigenvalue weighted by atomic mass is 16.5. The van der Waals surface area contributed by atoms with Gasteiger partial charge in [-0.05, 0) is 24.6 Å². The molecule has 1 aliphatic heterocycles. The number of benzene rings is 1. The van der Waals surface area contributed by atoms with E-state index in [4.69, 9.17) is 9.47 Å². The zero-order valence-corrected chi connectivity index (χ0v) is 20.3. The summed E-state index contributed by atoms with van der Waals surface area (Å²) in [6.07, 6.45) is 3.92. The third-order valence-electron chi connectivity index (χ3n) is 6.53. The predicted molar refractivity (Wildman–Crippen MR) is 129 cm³/mol. The molecule has 35 heavy (non-hydrogen) atoms. The van der Waals surface area contributed by atoms with Crippen LogP contribution in [0, 0.1) is 0 Å². The fourth-order valence-corrected chi connectivity index (χ4v) is 4.70. The largest absolute Gasteiger partial charge is 0.496 e. The van der Waals surface area contributed by atoms with Crippen molar-refractivity contribution in [1.82, 2.24) is 19.2 Å². The number of para-hydroxylation sites is 1. The number of rotatable bonds is 10. The SMILES string of the molecule is COCCCN1C(=O)CC(CC(=O)N(C)Cc2cnc3ccccn23)(c2ccccc2OC)C1=O. The fraction of sp³-hybridized carbons (Fsp3) is 0.385. The van der Waals surface area contributed by atoms with Crippen LogP contribution in [0.4, 0.5) is 0 Å². The molecule has 0 N–H and O–H groups in total. The van der Waals surface area contributed by atoms with Gasteiger partial charge in [-0.3, -0.25) is 19.3 Å². The van der Waals surface area contributed by atoms with E-state index in [0.29, 0.717) is 30.9 Å². The number of imide groups is 1. The van der Waals surface area contributed by atoms with Gasteiger partial charge in [-0.25, -0.2) is 4.98 Å². The fourth-order valence-electron chi connectivity index (χ4n) is 4.70. The molecule has 0 bridgehead atoms. The second-order valence-electron chi connectivity index (χ2n) is 8.76. The Balaban J connectivity index is 1.63. The molecule has 3 aromatic rings. The molecule has 1 aromatic carbocycles.